The summed E-state index contributed by atoms with van der Waals surface area (Å²) in [6.07, 6.45) is 1.14. The lowest BCUT2D eigenvalue weighted by Crippen LogP contribution is -2.37. The Labute approximate surface area is 122 Å². The summed E-state index contributed by atoms with van der Waals surface area (Å²) in [6, 6.07) is 6.05. The molecular formula is C11H15ClN2O3S2. The molecule has 1 aromatic rings. The highest BCUT2D eigenvalue weighted by Crippen LogP contribution is 2.17. The fraction of sp³-hybridized carbons (Fsp3) is 0.364. The van der Waals surface area contributed by atoms with E-state index in [-0.39, 0.29) is 29.3 Å². The van der Waals surface area contributed by atoms with Crippen LogP contribution in [-0.2, 0) is 14.6 Å². The first-order valence-corrected chi connectivity index (χ1v) is 8.43. The van der Waals surface area contributed by atoms with Crippen LogP contribution in [0, 0.1) is 0 Å². The van der Waals surface area contributed by atoms with E-state index in [0.29, 0.717) is 5.69 Å². The van der Waals surface area contributed by atoms with Crippen molar-refractivity contribution in [3.63, 3.8) is 0 Å². The Kier molecular flexibility index (Phi) is 5.66. The van der Waals surface area contributed by atoms with Crippen molar-refractivity contribution in [2.45, 2.75) is 10.9 Å². The molecule has 19 heavy (non-hydrogen) atoms. The van der Waals surface area contributed by atoms with Crippen LogP contribution in [0.15, 0.2) is 29.2 Å². The maximum Gasteiger partial charge on any atom is 0.242 e. The Morgan fingerprint density at radius 2 is 2.21 bits per heavy atom. The van der Waals surface area contributed by atoms with Crippen molar-refractivity contribution in [1.82, 2.24) is 5.32 Å². The Balaban J connectivity index is 0.00000180. The number of hydrogen-bond acceptors (Lipinski definition) is 5. The summed E-state index contributed by atoms with van der Waals surface area (Å²) in [5.74, 6) is 1.37. The van der Waals surface area contributed by atoms with Crippen LogP contribution in [0.5, 0.6) is 0 Å². The molecule has 5 nitrogen and oxygen atoms in total. The standard InChI is InChI=1S/C11H14N2O3S2.ClH/c1-18(15,16)9-4-2-3-8(5-9)13-11(14)10-6-17-7-12-10;/h2-5,10,12H,6-7H2,1H3,(H,13,14);1H. The summed E-state index contributed by atoms with van der Waals surface area (Å²) >= 11 is 1.66. The molecule has 8 heteroatoms. The number of benzene rings is 1. The highest BCUT2D eigenvalue weighted by molar-refractivity contribution is 7.99. The molecule has 1 fully saturated rings. The average Bonchev–Trinajstić information content (AvgIpc) is 2.81. The van der Waals surface area contributed by atoms with E-state index in [1.54, 1.807) is 23.9 Å². The lowest BCUT2D eigenvalue weighted by molar-refractivity contribution is -0.117. The van der Waals surface area contributed by atoms with Gasteiger partial charge in [-0.25, -0.2) is 8.42 Å². The molecule has 1 aromatic carbocycles. The van der Waals surface area contributed by atoms with Gasteiger partial charge in [-0.05, 0) is 18.2 Å². The third-order valence-electron chi connectivity index (χ3n) is 2.56. The van der Waals surface area contributed by atoms with Gasteiger partial charge in [0.1, 0.15) is 0 Å². The molecule has 0 bridgehead atoms. The SMILES string of the molecule is CS(=O)(=O)c1cccc(NC(=O)C2CSCN2)c1.Cl. The second kappa shape index (κ2) is 6.60. The maximum absolute atomic E-state index is 11.8. The highest BCUT2D eigenvalue weighted by Gasteiger charge is 2.22. The summed E-state index contributed by atoms with van der Waals surface area (Å²) in [5.41, 5.74) is 0.502. The van der Waals surface area contributed by atoms with Crippen LogP contribution in [-0.4, -0.2) is 38.3 Å². The van der Waals surface area contributed by atoms with Crippen LogP contribution in [0.2, 0.25) is 0 Å². The number of hydrogen-bond donors (Lipinski definition) is 2. The number of amides is 1. The summed E-state index contributed by atoms with van der Waals surface area (Å²) in [5, 5.41) is 5.77. The minimum absolute atomic E-state index is 0. The summed E-state index contributed by atoms with van der Waals surface area (Å²) in [7, 11) is -3.25. The van der Waals surface area contributed by atoms with E-state index < -0.39 is 9.84 Å². The van der Waals surface area contributed by atoms with Gasteiger partial charge in [0.25, 0.3) is 0 Å². The van der Waals surface area contributed by atoms with Gasteiger partial charge < -0.3 is 5.32 Å². The first-order valence-electron chi connectivity index (χ1n) is 5.39. The van der Waals surface area contributed by atoms with E-state index in [2.05, 4.69) is 10.6 Å². The van der Waals surface area contributed by atoms with Gasteiger partial charge in [0.2, 0.25) is 5.91 Å². The summed E-state index contributed by atoms with van der Waals surface area (Å²) in [4.78, 5) is 12.0. The van der Waals surface area contributed by atoms with E-state index in [1.165, 1.54) is 12.1 Å². The van der Waals surface area contributed by atoms with Gasteiger partial charge in [-0.15, -0.1) is 24.2 Å². The van der Waals surface area contributed by atoms with Crippen molar-refractivity contribution in [2.24, 2.45) is 0 Å². The van der Waals surface area contributed by atoms with Crippen LogP contribution in [0.3, 0.4) is 0 Å². The molecule has 1 atom stereocenters. The number of nitrogens with one attached hydrogen (secondary N) is 2. The van der Waals surface area contributed by atoms with E-state index >= 15 is 0 Å². The van der Waals surface area contributed by atoms with Gasteiger partial charge in [0.05, 0.1) is 10.9 Å². The second-order valence-electron chi connectivity index (χ2n) is 4.06. The molecule has 0 saturated carbocycles. The van der Waals surface area contributed by atoms with Gasteiger partial charge in [0.15, 0.2) is 9.84 Å². The molecule has 2 rings (SSSR count). The molecule has 1 saturated heterocycles. The molecule has 1 amide bonds. The summed E-state index contributed by atoms with van der Waals surface area (Å²) < 4.78 is 22.8. The smallest absolute Gasteiger partial charge is 0.242 e. The Bertz CT molecular complexity index is 557. The Morgan fingerprint density at radius 1 is 1.47 bits per heavy atom. The fourth-order valence-electron chi connectivity index (χ4n) is 1.60. The lowest BCUT2D eigenvalue weighted by Gasteiger charge is -2.11. The molecule has 1 unspecified atom stereocenters. The van der Waals surface area contributed by atoms with Gasteiger partial charge >= 0.3 is 0 Å². The lowest BCUT2D eigenvalue weighted by atomic mass is 10.2. The highest BCUT2D eigenvalue weighted by atomic mass is 35.5. The quantitative estimate of drug-likeness (QED) is 0.872. The van der Waals surface area contributed by atoms with Crippen molar-refractivity contribution in [1.29, 1.82) is 0 Å². The average molecular weight is 323 g/mol. The third-order valence-corrected chi connectivity index (χ3v) is 4.61. The molecule has 106 valence electrons. The predicted octanol–water partition coefficient (Wildman–Crippen LogP) is 1.11. The van der Waals surface area contributed by atoms with Crippen molar-refractivity contribution in [3.8, 4) is 0 Å². The number of anilines is 1. The van der Waals surface area contributed by atoms with Crippen LogP contribution < -0.4 is 10.6 Å². The van der Waals surface area contributed by atoms with Crippen molar-refractivity contribution in [3.05, 3.63) is 24.3 Å². The normalized spacial score (nSPS) is 18.7. The van der Waals surface area contributed by atoms with Crippen LogP contribution in [0.25, 0.3) is 0 Å². The Hall–Kier alpha value is -0.760. The monoisotopic (exact) mass is 322 g/mol. The third kappa shape index (κ3) is 4.38. The van der Waals surface area contributed by atoms with Gasteiger partial charge in [-0.2, -0.15) is 0 Å². The number of halogens is 1. The molecule has 1 heterocycles. The van der Waals surface area contributed by atoms with Gasteiger partial charge in [-0.3, -0.25) is 10.1 Å². The molecule has 1 aliphatic heterocycles. The molecule has 2 N–H and O–H groups in total. The number of thioether (sulfide) groups is 1. The van der Waals surface area contributed by atoms with Crippen molar-refractivity contribution >= 4 is 45.6 Å². The number of rotatable bonds is 3. The number of sulfone groups is 1. The minimum atomic E-state index is -3.25. The van der Waals surface area contributed by atoms with Crippen LogP contribution >= 0.6 is 24.2 Å². The zero-order chi connectivity index (χ0) is 13.2. The zero-order valence-electron chi connectivity index (χ0n) is 10.3. The van der Waals surface area contributed by atoms with Gasteiger partial charge in [-0.1, -0.05) is 6.07 Å². The first-order chi connectivity index (χ1) is 8.47. The van der Waals surface area contributed by atoms with Gasteiger partial charge in [0, 0.05) is 23.6 Å². The first kappa shape index (κ1) is 16.3. The molecule has 0 radical (unpaired) electrons. The summed E-state index contributed by atoms with van der Waals surface area (Å²) in [6.45, 7) is 0. The fourth-order valence-corrected chi connectivity index (χ4v) is 3.21. The molecular weight excluding hydrogens is 308 g/mol. The van der Waals surface area contributed by atoms with Crippen molar-refractivity contribution in [2.75, 3.05) is 23.2 Å². The van der Waals surface area contributed by atoms with Crippen LogP contribution in [0.4, 0.5) is 5.69 Å². The second-order valence-corrected chi connectivity index (χ2v) is 7.11. The molecule has 0 spiro atoms. The zero-order valence-corrected chi connectivity index (χ0v) is 12.7. The maximum atomic E-state index is 11.8. The van der Waals surface area contributed by atoms with E-state index in [1.807, 2.05) is 0 Å². The Morgan fingerprint density at radius 3 is 2.79 bits per heavy atom. The topological polar surface area (TPSA) is 75.3 Å². The molecule has 0 aromatic heterocycles. The predicted molar refractivity (Wildman–Crippen MR) is 79.7 cm³/mol. The minimum Gasteiger partial charge on any atom is -0.325 e. The van der Waals surface area contributed by atoms with Crippen LogP contribution in [0.1, 0.15) is 0 Å². The van der Waals surface area contributed by atoms with E-state index in [9.17, 15) is 13.2 Å². The van der Waals surface area contributed by atoms with Crippen molar-refractivity contribution < 1.29 is 13.2 Å². The molecule has 1 aliphatic rings. The van der Waals surface area contributed by atoms with E-state index in [4.69, 9.17) is 0 Å². The van der Waals surface area contributed by atoms with E-state index in [0.717, 1.165) is 17.9 Å². The number of carbonyl (C=O) groups excluding carboxylic acids is 1. The number of carbonyl (C=O) groups is 1. The molecule has 0 aliphatic carbocycles. The largest absolute Gasteiger partial charge is 0.325 e.